The second kappa shape index (κ2) is 11.0. The van der Waals surface area contributed by atoms with Crippen LogP contribution in [0.4, 0.5) is 4.79 Å². The number of nitrogens with zero attached hydrogens (tertiary/aromatic N) is 1. The molecular formula is C26H34N2O4. The number of hydrogen-bond donors (Lipinski definition) is 2. The molecule has 2 unspecified atom stereocenters. The van der Waals surface area contributed by atoms with E-state index < -0.39 is 11.9 Å². The molecule has 0 saturated carbocycles. The van der Waals surface area contributed by atoms with Crippen molar-refractivity contribution in [3.63, 3.8) is 0 Å². The van der Waals surface area contributed by atoms with Crippen LogP contribution in [0.25, 0.3) is 0 Å². The molecule has 1 aliphatic heterocycles. The minimum atomic E-state index is -0.873. The van der Waals surface area contributed by atoms with Gasteiger partial charge in [0.2, 0.25) is 0 Å². The van der Waals surface area contributed by atoms with Crippen LogP contribution in [-0.2, 0) is 11.3 Å². The average molecular weight is 439 g/mol. The summed E-state index contributed by atoms with van der Waals surface area (Å²) in [5, 5.41) is 12.2. The van der Waals surface area contributed by atoms with Gasteiger partial charge in [0.05, 0.1) is 5.92 Å². The highest BCUT2D eigenvalue weighted by molar-refractivity contribution is 5.74. The zero-order chi connectivity index (χ0) is 23.1. The SMILES string of the molecule is CC(COc1ccccc1C1CCCN(C(=O)NCc2ccc(C(C)C)cc2)C1)C(=O)O. The summed E-state index contributed by atoms with van der Waals surface area (Å²) < 4.78 is 5.84. The second-order valence-electron chi connectivity index (χ2n) is 8.93. The minimum absolute atomic E-state index is 0.0551. The molecule has 6 heteroatoms. The first-order chi connectivity index (χ1) is 15.3. The number of hydrogen-bond acceptors (Lipinski definition) is 3. The van der Waals surface area contributed by atoms with Gasteiger partial charge in [-0.15, -0.1) is 0 Å². The third kappa shape index (κ3) is 6.25. The summed E-state index contributed by atoms with van der Waals surface area (Å²) in [6.45, 7) is 7.94. The number of para-hydroxylation sites is 1. The number of carboxylic acids is 1. The number of nitrogens with one attached hydrogen (secondary N) is 1. The molecule has 1 saturated heterocycles. The van der Waals surface area contributed by atoms with Crippen LogP contribution in [0.1, 0.15) is 62.1 Å². The number of ether oxygens (including phenoxy) is 1. The summed E-state index contributed by atoms with van der Waals surface area (Å²) in [6.07, 6.45) is 1.89. The van der Waals surface area contributed by atoms with E-state index in [2.05, 4.69) is 43.4 Å². The maximum absolute atomic E-state index is 12.8. The molecule has 2 aromatic rings. The second-order valence-corrected chi connectivity index (χ2v) is 8.93. The molecule has 0 radical (unpaired) electrons. The Kier molecular flexibility index (Phi) is 8.14. The predicted molar refractivity (Wildman–Crippen MR) is 125 cm³/mol. The van der Waals surface area contributed by atoms with Crippen LogP contribution < -0.4 is 10.1 Å². The first kappa shape index (κ1) is 23.6. The van der Waals surface area contributed by atoms with Crippen molar-refractivity contribution >= 4 is 12.0 Å². The zero-order valence-corrected chi connectivity index (χ0v) is 19.2. The Morgan fingerprint density at radius 3 is 2.53 bits per heavy atom. The minimum Gasteiger partial charge on any atom is -0.492 e. The Balaban J connectivity index is 1.59. The van der Waals surface area contributed by atoms with E-state index in [0.29, 0.717) is 24.8 Å². The molecule has 0 spiro atoms. The van der Waals surface area contributed by atoms with Gasteiger partial charge in [-0.2, -0.15) is 0 Å². The van der Waals surface area contributed by atoms with E-state index >= 15 is 0 Å². The quantitative estimate of drug-likeness (QED) is 0.608. The maximum atomic E-state index is 12.8. The van der Waals surface area contributed by atoms with E-state index in [1.54, 1.807) is 6.92 Å². The van der Waals surface area contributed by atoms with Crippen molar-refractivity contribution < 1.29 is 19.4 Å². The smallest absolute Gasteiger partial charge is 0.317 e. The van der Waals surface area contributed by atoms with Crippen molar-refractivity contribution in [1.82, 2.24) is 10.2 Å². The lowest BCUT2D eigenvalue weighted by molar-refractivity contribution is -0.142. The number of aliphatic carboxylic acids is 1. The lowest BCUT2D eigenvalue weighted by Gasteiger charge is -2.33. The van der Waals surface area contributed by atoms with Gasteiger partial charge in [0, 0.05) is 25.6 Å². The van der Waals surface area contributed by atoms with Gasteiger partial charge in [0.15, 0.2) is 0 Å². The molecule has 2 amide bonds. The molecule has 2 N–H and O–H groups in total. The fourth-order valence-electron chi connectivity index (χ4n) is 3.96. The Morgan fingerprint density at radius 2 is 1.84 bits per heavy atom. The molecule has 0 bridgehead atoms. The fourth-order valence-corrected chi connectivity index (χ4v) is 3.96. The molecule has 2 aromatic carbocycles. The van der Waals surface area contributed by atoms with Gasteiger partial charge in [-0.05, 0) is 48.4 Å². The number of carboxylic acid groups (broad SMARTS) is 1. The molecule has 2 atom stereocenters. The monoisotopic (exact) mass is 438 g/mol. The zero-order valence-electron chi connectivity index (χ0n) is 19.2. The van der Waals surface area contributed by atoms with Crippen molar-refractivity contribution in [2.24, 2.45) is 5.92 Å². The molecule has 0 aliphatic carbocycles. The number of carbonyl (C=O) groups is 2. The third-order valence-corrected chi connectivity index (χ3v) is 6.07. The maximum Gasteiger partial charge on any atom is 0.317 e. The van der Waals surface area contributed by atoms with Gasteiger partial charge >= 0.3 is 12.0 Å². The van der Waals surface area contributed by atoms with E-state index in [4.69, 9.17) is 9.84 Å². The third-order valence-electron chi connectivity index (χ3n) is 6.07. The van der Waals surface area contributed by atoms with Crippen molar-refractivity contribution in [3.8, 4) is 5.75 Å². The van der Waals surface area contributed by atoms with Gasteiger partial charge in [-0.3, -0.25) is 4.79 Å². The molecular weight excluding hydrogens is 404 g/mol. The number of amides is 2. The first-order valence-corrected chi connectivity index (χ1v) is 11.4. The van der Waals surface area contributed by atoms with Crippen molar-refractivity contribution in [2.75, 3.05) is 19.7 Å². The topological polar surface area (TPSA) is 78.9 Å². The highest BCUT2D eigenvalue weighted by Crippen LogP contribution is 2.33. The molecule has 32 heavy (non-hydrogen) atoms. The van der Waals surface area contributed by atoms with E-state index in [-0.39, 0.29) is 18.6 Å². The van der Waals surface area contributed by atoms with Crippen molar-refractivity contribution in [3.05, 3.63) is 65.2 Å². The Hall–Kier alpha value is -3.02. The van der Waals surface area contributed by atoms with Gasteiger partial charge in [0.1, 0.15) is 12.4 Å². The molecule has 1 heterocycles. The van der Waals surface area contributed by atoms with Crippen LogP contribution in [0.3, 0.4) is 0 Å². The van der Waals surface area contributed by atoms with E-state index in [9.17, 15) is 9.59 Å². The van der Waals surface area contributed by atoms with Crippen LogP contribution in [0.15, 0.2) is 48.5 Å². The van der Waals surface area contributed by atoms with Crippen molar-refractivity contribution in [2.45, 2.75) is 52.0 Å². The van der Waals surface area contributed by atoms with Gasteiger partial charge in [-0.1, -0.05) is 56.3 Å². The summed E-state index contributed by atoms with van der Waals surface area (Å²) in [5.74, 6) is -0.0921. The van der Waals surface area contributed by atoms with Crippen molar-refractivity contribution in [1.29, 1.82) is 0 Å². The van der Waals surface area contributed by atoms with E-state index in [1.807, 2.05) is 29.2 Å². The first-order valence-electron chi connectivity index (χ1n) is 11.4. The van der Waals surface area contributed by atoms with Gasteiger partial charge in [-0.25, -0.2) is 4.79 Å². The molecule has 0 aromatic heterocycles. The highest BCUT2D eigenvalue weighted by atomic mass is 16.5. The molecule has 6 nitrogen and oxygen atoms in total. The number of rotatable bonds is 8. The molecule has 1 fully saturated rings. The average Bonchev–Trinajstić information content (AvgIpc) is 2.81. The molecule has 172 valence electrons. The van der Waals surface area contributed by atoms with E-state index in [0.717, 1.165) is 30.5 Å². The standard InChI is InChI=1S/C26H34N2O4/c1-18(2)21-12-10-20(11-13-21)15-27-26(31)28-14-6-7-22(16-28)23-8-4-5-9-24(23)32-17-19(3)25(29)30/h4-5,8-13,18-19,22H,6-7,14-17H2,1-3H3,(H,27,31)(H,29,30). The van der Waals surface area contributed by atoms with Gasteiger partial charge < -0.3 is 20.1 Å². The van der Waals surface area contributed by atoms with Crippen LogP contribution >= 0.6 is 0 Å². The largest absolute Gasteiger partial charge is 0.492 e. The summed E-state index contributed by atoms with van der Waals surface area (Å²) in [7, 11) is 0. The van der Waals surface area contributed by atoms with Crippen LogP contribution in [0, 0.1) is 5.92 Å². The van der Waals surface area contributed by atoms with Gasteiger partial charge in [0.25, 0.3) is 0 Å². The van der Waals surface area contributed by atoms with Crippen LogP contribution in [0.2, 0.25) is 0 Å². The lowest BCUT2D eigenvalue weighted by atomic mass is 9.90. The van der Waals surface area contributed by atoms with Crippen LogP contribution in [0.5, 0.6) is 5.75 Å². The Morgan fingerprint density at radius 1 is 1.12 bits per heavy atom. The normalized spacial score (nSPS) is 17.1. The number of piperidine rings is 1. The number of urea groups is 1. The summed E-state index contributed by atoms with van der Waals surface area (Å²) in [5.41, 5.74) is 3.41. The molecule has 3 rings (SSSR count). The fraction of sp³-hybridized carbons (Fsp3) is 0.462. The molecule has 1 aliphatic rings. The lowest BCUT2D eigenvalue weighted by Crippen LogP contribution is -2.44. The Labute approximate surface area is 190 Å². The summed E-state index contributed by atoms with van der Waals surface area (Å²) >= 11 is 0. The number of benzene rings is 2. The number of carbonyl (C=O) groups excluding carboxylic acids is 1. The summed E-state index contributed by atoms with van der Waals surface area (Å²) in [4.78, 5) is 25.8. The van der Waals surface area contributed by atoms with Crippen LogP contribution in [-0.4, -0.2) is 41.7 Å². The predicted octanol–water partition coefficient (Wildman–Crippen LogP) is 5.00. The Bertz CT molecular complexity index is 910. The number of likely N-dealkylation sites (tertiary alicyclic amines) is 1. The summed E-state index contributed by atoms with van der Waals surface area (Å²) in [6, 6.07) is 16.1. The highest BCUT2D eigenvalue weighted by Gasteiger charge is 2.27. The van der Waals surface area contributed by atoms with E-state index in [1.165, 1.54) is 5.56 Å².